The van der Waals surface area contributed by atoms with Gasteiger partial charge in [-0.25, -0.2) is 14.6 Å². The quantitative estimate of drug-likeness (QED) is 0.590. The number of benzene rings is 1. The topological polar surface area (TPSA) is 101 Å². The van der Waals surface area contributed by atoms with Crippen molar-refractivity contribution in [1.82, 2.24) is 4.98 Å². The standard InChI is InChI=1S/C23H23N3O5/c1-4-30-23(29)20-13(2)17(24-14(20)3)12-18-22(28)31-21(25-18)15-7-9-16(10-8-15)26-11-5-6-19(26)27/h7-10,12,24H,4-6,11H2,1-3H3/b18-12-. The van der Waals surface area contributed by atoms with E-state index in [9.17, 15) is 14.4 Å². The highest BCUT2D eigenvalue weighted by molar-refractivity contribution is 6.13. The number of carbonyl (C=O) groups is 3. The number of aryl methyl sites for hydroxylation is 1. The minimum atomic E-state index is -0.571. The molecule has 1 aromatic heterocycles. The van der Waals surface area contributed by atoms with Crippen LogP contribution in [0.4, 0.5) is 5.69 Å². The summed E-state index contributed by atoms with van der Waals surface area (Å²) in [5, 5.41) is 0. The van der Waals surface area contributed by atoms with E-state index in [2.05, 4.69) is 9.98 Å². The first-order valence-electron chi connectivity index (χ1n) is 10.2. The predicted octanol–water partition coefficient (Wildman–Crippen LogP) is 3.28. The maximum absolute atomic E-state index is 12.4. The molecule has 1 N–H and O–H groups in total. The van der Waals surface area contributed by atoms with Crippen LogP contribution in [-0.2, 0) is 19.1 Å². The molecule has 4 rings (SSSR count). The summed E-state index contributed by atoms with van der Waals surface area (Å²) in [5.74, 6) is -0.671. The van der Waals surface area contributed by atoms with E-state index in [-0.39, 0.29) is 24.1 Å². The van der Waals surface area contributed by atoms with Crippen molar-refractivity contribution in [3.05, 3.63) is 58.0 Å². The van der Waals surface area contributed by atoms with E-state index in [0.717, 1.165) is 12.1 Å². The summed E-state index contributed by atoms with van der Waals surface area (Å²) in [5.41, 5.74) is 3.98. The summed E-state index contributed by atoms with van der Waals surface area (Å²) in [6.45, 7) is 6.30. The zero-order valence-corrected chi connectivity index (χ0v) is 17.7. The number of amides is 1. The molecule has 2 aliphatic heterocycles. The lowest BCUT2D eigenvalue weighted by Crippen LogP contribution is -2.23. The van der Waals surface area contributed by atoms with Gasteiger partial charge in [-0.05, 0) is 63.1 Å². The van der Waals surface area contributed by atoms with Crippen molar-refractivity contribution >= 4 is 35.5 Å². The largest absolute Gasteiger partial charge is 0.462 e. The summed E-state index contributed by atoms with van der Waals surface area (Å²) in [6.07, 6.45) is 2.99. The van der Waals surface area contributed by atoms with Crippen LogP contribution in [0.1, 0.15) is 52.6 Å². The van der Waals surface area contributed by atoms with Gasteiger partial charge in [0.15, 0.2) is 5.70 Å². The number of nitrogens with one attached hydrogen (secondary N) is 1. The molecule has 1 aromatic carbocycles. The van der Waals surface area contributed by atoms with E-state index in [1.807, 2.05) is 12.1 Å². The molecular weight excluding hydrogens is 398 g/mol. The lowest BCUT2D eigenvalue weighted by atomic mass is 10.1. The molecule has 2 aliphatic rings. The molecule has 1 saturated heterocycles. The second-order valence-electron chi connectivity index (χ2n) is 7.42. The number of H-pyrrole nitrogens is 1. The van der Waals surface area contributed by atoms with Crippen LogP contribution >= 0.6 is 0 Å². The van der Waals surface area contributed by atoms with Gasteiger partial charge >= 0.3 is 11.9 Å². The van der Waals surface area contributed by atoms with Crippen molar-refractivity contribution in [2.75, 3.05) is 18.1 Å². The number of ether oxygens (including phenoxy) is 2. The molecule has 8 nitrogen and oxygen atoms in total. The van der Waals surface area contributed by atoms with Crippen LogP contribution in [0.25, 0.3) is 6.08 Å². The van der Waals surface area contributed by atoms with E-state index >= 15 is 0 Å². The number of aliphatic imine (C=N–C) groups is 1. The normalized spacial score (nSPS) is 17.3. The van der Waals surface area contributed by atoms with Crippen LogP contribution in [-0.4, -0.2) is 41.9 Å². The van der Waals surface area contributed by atoms with E-state index in [4.69, 9.17) is 9.47 Å². The van der Waals surface area contributed by atoms with Gasteiger partial charge in [-0.3, -0.25) is 4.79 Å². The monoisotopic (exact) mass is 421 g/mol. The zero-order chi connectivity index (χ0) is 22.1. The highest BCUT2D eigenvalue weighted by Gasteiger charge is 2.27. The van der Waals surface area contributed by atoms with Crippen LogP contribution in [0.5, 0.6) is 0 Å². The number of aromatic nitrogens is 1. The third-order valence-electron chi connectivity index (χ3n) is 5.36. The molecule has 0 radical (unpaired) electrons. The second kappa shape index (κ2) is 8.22. The van der Waals surface area contributed by atoms with Gasteiger partial charge in [-0.1, -0.05) is 0 Å². The molecule has 0 bridgehead atoms. The number of aromatic amines is 1. The van der Waals surface area contributed by atoms with Crippen molar-refractivity contribution in [2.45, 2.75) is 33.6 Å². The molecule has 8 heteroatoms. The molecule has 3 heterocycles. The summed E-state index contributed by atoms with van der Waals surface area (Å²) in [7, 11) is 0. The lowest BCUT2D eigenvalue weighted by molar-refractivity contribution is -0.130. The number of rotatable bonds is 5. The third-order valence-corrected chi connectivity index (χ3v) is 5.36. The Morgan fingerprint density at radius 3 is 2.65 bits per heavy atom. The van der Waals surface area contributed by atoms with Crippen LogP contribution in [0.3, 0.4) is 0 Å². The lowest BCUT2D eigenvalue weighted by Gasteiger charge is -2.15. The van der Waals surface area contributed by atoms with E-state index in [0.29, 0.717) is 41.0 Å². The third kappa shape index (κ3) is 3.88. The first-order valence-corrected chi connectivity index (χ1v) is 10.2. The molecule has 2 aromatic rings. The Bertz CT molecular complexity index is 1120. The fourth-order valence-corrected chi connectivity index (χ4v) is 3.80. The SMILES string of the molecule is CCOC(=O)c1c(C)[nH]c(/C=C2\N=C(c3ccc(N4CCCC4=O)cc3)OC2=O)c1C. The number of cyclic esters (lactones) is 1. The number of hydrogen-bond donors (Lipinski definition) is 1. The Labute approximate surface area is 179 Å². The van der Waals surface area contributed by atoms with Crippen LogP contribution in [0.15, 0.2) is 35.0 Å². The molecule has 0 aliphatic carbocycles. The van der Waals surface area contributed by atoms with Gasteiger partial charge in [0, 0.05) is 35.6 Å². The van der Waals surface area contributed by atoms with Crippen molar-refractivity contribution in [3.8, 4) is 0 Å². The number of anilines is 1. The Hall–Kier alpha value is -3.68. The van der Waals surface area contributed by atoms with E-state index in [1.54, 1.807) is 43.9 Å². The minimum Gasteiger partial charge on any atom is -0.462 e. The van der Waals surface area contributed by atoms with E-state index < -0.39 is 11.9 Å². The number of esters is 2. The van der Waals surface area contributed by atoms with Crippen molar-refractivity contribution in [3.63, 3.8) is 0 Å². The first kappa shape index (κ1) is 20.6. The van der Waals surface area contributed by atoms with Crippen molar-refractivity contribution in [2.24, 2.45) is 4.99 Å². The van der Waals surface area contributed by atoms with Crippen LogP contribution in [0, 0.1) is 13.8 Å². The number of carbonyl (C=O) groups excluding carboxylic acids is 3. The molecule has 0 spiro atoms. The maximum atomic E-state index is 12.4. The van der Waals surface area contributed by atoms with Gasteiger partial charge < -0.3 is 19.4 Å². The zero-order valence-electron chi connectivity index (χ0n) is 17.7. The van der Waals surface area contributed by atoms with Gasteiger partial charge in [0.05, 0.1) is 12.2 Å². The Morgan fingerprint density at radius 2 is 2.00 bits per heavy atom. The van der Waals surface area contributed by atoms with Crippen LogP contribution < -0.4 is 4.90 Å². The average Bonchev–Trinajstić information content (AvgIpc) is 3.40. The Kier molecular flexibility index (Phi) is 5.46. The second-order valence-corrected chi connectivity index (χ2v) is 7.42. The fraction of sp³-hybridized carbons (Fsp3) is 0.304. The predicted molar refractivity (Wildman–Crippen MR) is 115 cm³/mol. The smallest absolute Gasteiger partial charge is 0.363 e. The number of nitrogens with zero attached hydrogens (tertiary/aromatic N) is 2. The fourth-order valence-electron chi connectivity index (χ4n) is 3.80. The van der Waals surface area contributed by atoms with Gasteiger partial charge in [0.2, 0.25) is 11.8 Å². The maximum Gasteiger partial charge on any atom is 0.363 e. The average molecular weight is 421 g/mol. The van der Waals surface area contributed by atoms with Gasteiger partial charge in [0.1, 0.15) is 0 Å². The van der Waals surface area contributed by atoms with Crippen LogP contribution in [0.2, 0.25) is 0 Å². The summed E-state index contributed by atoms with van der Waals surface area (Å²) in [6, 6.07) is 7.19. The molecule has 1 fully saturated rings. The van der Waals surface area contributed by atoms with Crippen molar-refractivity contribution in [1.29, 1.82) is 0 Å². The minimum absolute atomic E-state index is 0.112. The summed E-state index contributed by atoms with van der Waals surface area (Å²) < 4.78 is 10.4. The van der Waals surface area contributed by atoms with Gasteiger partial charge in [-0.15, -0.1) is 0 Å². The molecule has 1 amide bonds. The highest BCUT2D eigenvalue weighted by Crippen LogP contribution is 2.26. The molecular formula is C23H23N3O5. The summed E-state index contributed by atoms with van der Waals surface area (Å²) in [4.78, 5) is 45.6. The molecule has 0 atom stereocenters. The van der Waals surface area contributed by atoms with E-state index in [1.165, 1.54) is 0 Å². The molecule has 0 unspecified atom stereocenters. The first-order chi connectivity index (χ1) is 14.9. The molecule has 0 saturated carbocycles. The van der Waals surface area contributed by atoms with Gasteiger partial charge in [0.25, 0.3) is 0 Å². The Morgan fingerprint density at radius 1 is 1.26 bits per heavy atom. The summed E-state index contributed by atoms with van der Waals surface area (Å²) >= 11 is 0. The van der Waals surface area contributed by atoms with Crippen molar-refractivity contribution < 1.29 is 23.9 Å². The highest BCUT2D eigenvalue weighted by atomic mass is 16.6. The Balaban J connectivity index is 1.59. The molecule has 160 valence electrons. The number of hydrogen-bond acceptors (Lipinski definition) is 6. The van der Waals surface area contributed by atoms with Gasteiger partial charge in [-0.2, -0.15) is 0 Å². The molecule has 31 heavy (non-hydrogen) atoms.